The van der Waals surface area contributed by atoms with Crippen molar-refractivity contribution in [3.63, 3.8) is 0 Å². The Kier molecular flexibility index (Phi) is 5.51. The van der Waals surface area contributed by atoms with Crippen LogP contribution in [0.2, 0.25) is 0 Å². The number of hydrogen-bond acceptors (Lipinski definition) is 7. The number of nitro groups is 1. The van der Waals surface area contributed by atoms with Crippen LogP contribution < -0.4 is 9.47 Å². The van der Waals surface area contributed by atoms with Crippen molar-refractivity contribution in [1.82, 2.24) is 15.0 Å². The second-order valence-electron chi connectivity index (χ2n) is 6.90. The van der Waals surface area contributed by atoms with Crippen molar-refractivity contribution in [3.05, 3.63) is 81.8 Å². The van der Waals surface area contributed by atoms with Crippen LogP contribution in [0.5, 0.6) is 17.4 Å². The monoisotopic (exact) mass is 427 g/mol. The lowest BCUT2D eigenvalue weighted by Crippen LogP contribution is -1.94. The number of pyridine rings is 1. The van der Waals surface area contributed by atoms with E-state index < -0.39 is 4.92 Å². The van der Waals surface area contributed by atoms with Crippen molar-refractivity contribution in [1.29, 1.82) is 5.26 Å². The molecule has 1 N–H and O–H groups in total. The smallest absolute Gasteiger partial charge is 0.287 e. The Labute approximate surface area is 182 Å². The Hall–Kier alpha value is -4.71. The summed E-state index contributed by atoms with van der Waals surface area (Å²) in [6.07, 6.45) is 2.81. The first-order valence-electron chi connectivity index (χ1n) is 9.51. The van der Waals surface area contributed by atoms with Gasteiger partial charge in [-0.3, -0.25) is 10.1 Å². The van der Waals surface area contributed by atoms with Crippen molar-refractivity contribution >= 4 is 28.4 Å². The number of aromatic nitrogens is 3. The van der Waals surface area contributed by atoms with Crippen molar-refractivity contribution < 1.29 is 14.4 Å². The summed E-state index contributed by atoms with van der Waals surface area (Å²) in [7, 11) is 1.49. The van der Waals surface area contributed by atoms with Gasteiger partial charge in [0.25, 0.3) is 5.69 Å². The number of ether oxygens (including phenoxy) is 2. The maximum absolute atomic E-state index is 10.8. The molecular weight excluding hydrogens is 410 g/mol. The Morgan fingerprint density at radius 2 is 2.03 bits per heavy atom. The molecule has 0 fully saturated rings. The summed E-state index contributed by atoms with van der Waals surface area (Å²) in [6.45, 7) is 1.99. The fraction of sp³-hybridized carbons (Fsp3) is 0.0870. The summed E-state index contributed by atoms with van der Waals surface area (Å²) in [5.74, 6) is 1.45. The van der Waals surface area contributed by atoms with Gasteiger partial charge in [0, 0.05) is 12.1 Å². The highest BCUT2D eigenvalue weighted by atomic mass is 16.6. The van der Waals surface area contributed by atoms with Crippen LogP contribution in [0, 0.1) is 28.4 Å². The quantitative estimate of drug-likeness (QED) is 0.259. The molecule has 0 aliphatic heterocycles. The number of allylic oxidation sites excluding steroid dienone is 1. The molecule has 0 atom stereocenters. The van der Waals surface area contributed by atoms with Crippen LogP contribution in [0.1, 0.15) is 17.0 Å². The number of methoxy groups -OCH3 is 1. The first kappa shape index (κ1) is 20.6. The van der Waals surface area contributed by atoms with Gasteiger partial charge in [-0.1, -0.05) is 12.1 Å². The number of nitrogens with zero attached hydrogens (tertiary/aromatic N) is 4. The molecule has 0 radical (unpaired) electrons. The molecule has 0 aliphatic rings. The minimum atomic E-state index is -0.533. The number of nitrogens with one attached hydrogen (secondary N) is 1. The maximum Gasteiger partial charge on any atom is 0.287 e. The molecule has 0 saturated heterocycles. The zero-order valence-corrected chi connectivity index (χ0v) is 17.2. The molecule has 9 heteroatoms. The van der Waals surface area contributed by atoms with Crippen LogP contribution in [-0.4, -0.2) is 27.0 Å². The Bertz CT molecular complexity index is 1380. The number of benzene rings is 2. The molecule has 0 saturated carbocycles. The van der Waals surface area contributed by atoms with Crippen LogP contribution in [0.15, 0.2) is 54.7 Å². The molecule has 2 aromatic carbocycles. The van der Waals surface area contributed by atoms with Gasteiger partial charge in [0.1, 0.15) is 18.1 Å². The van der Waals surface area contributed by atoms with E-state index in [1.54, 1.807) is 24.3 Å². The number of fused-ring (bicyclic) bond motifs is 1. The molecule has 0 amide bonds. The van der Waals surface area contributed by atoms with Gasteiger partial charge in [-0.2, -0.15) is 5.26 Å². The molecular formula is C23H17N5O4. The second-order valence-corrected chi connectivity index (χ2v) is 6.90. The molecule has 4 rings (SSSR count). The molecule has 0 spiro atoms. The zero-order chi connectivity index (χ0) is 22.7. The third-order valence-corrected chi connectivity index (χ3v) is 4.66. The van der Waals surface area contributed by atoms with Crippen LogP contribution >= 0.6 is 0 Å². The SMILES string of the molecule is COc1cc(/C=C(/C#N)c2nc3ccc(C)cc3[nH]2)ccc1Oc1ccc([N+](=O)[O-])cn1. The molecule has 0 bridgehead atoms. The highest BCUT2D eigenvalue weighted by molar-refractivity contribution is 5.90. The number of imidazole rings is 1. The molecule has 2 heterocycles. The predicted octanol–water partition coefficient (Wildman–Crippen LogP) is 5.04. The topological polar surface area (TPSA) is 127 Å². The first-order chi connectivity index (χ1) is 15.5. The first-order valence-corrected chi connectivity index (χ1v) is 9.51. The lowest BCUT2D eigenvalue weighted by molar-refractivity contribution is -0.385. The van der Waals surface area contributed by atoms with E-state index in [0.717, 1.165) is 22.8 Å². The van der Waals surface area contributed by atoms with E-state index in [2.05, 4.69) is 21.0 Å². The predicted molar refractivity (Wildman–Crippen MR) is 118 cm³/mol. The molecule has 9 nitrogen and oxygen atoms in total. The van der Waals surface area contributed by atoms with E-state index in [-0.39, 0.29) is 11.6 Å². The number of rotatable bonds is 6. The molecule has 158 valence electrons. The molecule has 0 unspecified atom stereocenters. The number of hydrogen-bond donors (Lipinski definition) is 1. The number of nitriles is 1. The van der Waals surface area contributed by atoms with Gasteiger partial charge in [-0.05, 0) is 48.4 Å². The summed E-state index contributed by atoms with van der Waals surface area (Å²) in [5.41, 5.74) is 3.68. The van der Waals surface area contributed by atoms with Crippen molar-refractivity contribution in [2.45, 2.75) is 6.92 Å². The fourth-order valence-corrected chi connectivity index (χ4v) is 3.08. The Balaban J connectivity index is 1.62. The standard InChI is InChI=1S/C23H17N5O4/c1-14-3-6-18-19(9-14)27-23(26-18)16(12-24)10-15-4-7-20(21(11-15)31-2)32-22-8-5-17(13-25-22)28(29)30/h3-11,13H,1-2H3,(H,26,27)/b16-10-. The average molecular weight is 427 g/mol. The third-order valence-electron chi connectivity index (χ3n) is 4.66. The number of aryl methyl sites for hydroxylation is 1. The number of H-pyrrole nitrogens is 1. The lowest BCUT2D eigenvalue weighted by atomic mass is 10.1. The maximum atomic E-state index is 10.8. The minimum absolute atomic E-state index is 0.130. The van der Waals surface area contributed by atoms with E-state index in [1.807, 2.05) is 25.1 Å². The zero-order valence-electron chi connectivity index (χ0n) is 17.2. The van der Waals surface area contributed by atoms with Crippen LogP contribution in [0.25, 0.3) is 22.7 Å². The van der Waals surface area contributed by atoms with E-state index >= 15 is 0 Å². The van der Waals surface area contributed by atoms with Gasteiger partial charge >= 0.3 is 0 Å². The van der Waals surface area contributed by atoms with E-state index in [1.165, 1.54) is 19.2 Å². The van der Waals surface area contributed by atoms with Gasteiger partial charge in [-0.25, -0.2) is 9.97 Å². The second kappa shape index (κ2) is 8.57. The van der Waals surface area contributed by atoms with Crippen molar-refractivity contribution in [2.24, 2.45) is 0 Å². The van der Waals surface area contributed by atoms with Gasteiger partial charge < -0.3 is 14.5 Å². The minimum Gasteiger partial charge on any atom is -0.493 e. The summed E-state index contributed by atoms with van der Waals surface area (Å²) >= 11 is 0. The summed E-state index contributed by atoms with van der Waals surface area (Å²) in [6, 6.07) is 15.9. The highest BCUT2D eigenvalue weighted by Crippen LogP contribution is 2.33. The van der Waals surface area contributed by atoms with Crippen LogP contribution in [0.4, 0.5) is 5.69 Å². The van der Waals surface area contributed by atoms with Gasteiger partial charge in [-0.15, -0.1) is 0 Å². The third kappa shape index (κ3) is 4.24. The fourth-order valence-electron chi connectivity index (χ4n) is 3.08. The van der Waals surface area contributed by atoms with Gasteiger partial charge in [0.2, 0.25) is 5.88 Å². The van der Waals surface area contributed by atoms with E-state index in [4.69, 9.17) is 9.47 Å². The summed E-state index contributed by atoms with van der Waals surface area (Å²) in [5, 5.41) is 20.4. The molecule has 2 aromatic heterocycles. The molecule has 32 heavy (non-hydrogen) atoms. The molecule has 4 aromatic rings. The van der Waals surface area contributed by atoms with Crippen molar-refractivity contribution in [2.75, 3.05) is 7.11 Å². The van der Waals surface area contributed by atoms with Gasteiger partial charge in [0.15, 0.2) is 11.5 Å². The Morgan fingerprint density at radius 1 is 1.19 bits per heavy atom. The average Bonchev–Trinajstić information content (AvgIpc) is 3.21. The van der Waals surface area contributed by atoms with Crippen LogP contribution in [0.3, 0.4) is 0 Å². The number of aromatic amines is 1. The van der Waals surface area contributed by atoms with E-state index in [9.17, 15) is 15.4 Å². The summed E-state index contributed by atoms with van der Waals surface area (Å²) < 4.78 is 11.1. The molecule has 0 aliphatic carbocycles. The van der Waals surface area contributed by atoms with E-state index in [0.29, 0.717) is 28.5 Å². The van der Waals surface area contributed by atoms with Gasteiger partial charge in [0.05, 0.1) is 28.6 Å². The lowest BCUT2D eigenvalue weighted by Gasteiger charge is -2.10. The summed E-state index contributed by atoms with van der Waals surface area (Å²) in [4.78, 5) is 21.8. The highest BCUT2D eigenvalue weighted by Gasteiger charge is 2.12. The van der Waals surface area contributed by atoms with Crippen LogP contribution in [-0.2, 0) is 0 Å². The van der Waals surface area contributed by atoms with Crippen molar-refractivity contribution in [3.8, 4) is 23.4 Å². The Morgan fingerprint density at radius 3 is 2.72 bits per heavy atom. The normalized spacial score (nSPS) is 11.2. The largest absolute Gasteiger partial charge is 0.493 e.